The largest absolute Gasteiger partial charge is 0.393 e. The van der Waals surface area contributed by atoms with E-state index in [9.17, 15) is 4.79 Å². The van der Waals surface area contributed by atoms with Gasteiger partial charge >= 0.3 is 0 Å². The third-order valence-corrected chi connectivity index (χ3v) is 2.65. The van der Waals surface area contributed by atoms with Crippen LogP contribution < -0.4 is 10.9 Å². The van der Waals surface area contributed by atoms with E-state index in [0.29, 0.717) is 18.8 Å². The third-order valence-electron chi connectivity index (χ3n) is 2.65. The molecule has 0 bridgehead atoms. The van der Waals surface area contributed by atoms with Crippen LogP contribution in [0.2, 0.25) is 0 Å². The Morgan fingerprint density at radius 2 is 2.17 bits per heavy atom. The first-order valence-corrected chi connectivity index (χ1v) is 6.32. The van der Waals surface area contributed by atoms with Crippen LogP contribution in [0.3, 0.4) is 0 Å². The molecule has 5 heteroatoms. The van der Waals surface area contributed by atoms with Crippen molar-refractivity contribution in [3.63, 3.8) is 0 Å². The van der Waals surface area contributed by atoms with Crippen molar-refractivity contribution in [3.05, 3.63) is 22.7 Å². The van der Waals surface area contributed by atoms with Crippen molar-refractivity contribution in [2.45, 2.75) is 52.2 Å². The van der Waals surface area contributed by atoms with Gasteiger partial charge in [0.05, 0.1) is 6.10 Å². The van der Waals surface area contributed by atoms with Gasteiger partial charge in [0, 0.05) is 24.5 Å². The first-order chi connectivity index (χ1) is 8.32. The van der Waals surface area contributed by atoms with E-state index in [-0.39, 0.29) is 17.2 Å². The Kier molecular flexibility index (Phi) is 4.90. The number of aliphatic hydroxyl groups is 1. The lowest BCUT2D eigenvalue weighted by molar-refractivity contribution is 0.183. The van der Waals surface area contributed by atoms with Crippen LogP contribution in [0.5, 0.6) is 0 Å². The molecule has 18 heavy (non-hydrogen) atoms. The Morgan fingerprint density at radius 3 is 2.72 bits per heavy atom. The highest BCUT2D eigenvalue weighted by molar-refractivity contribution is 5.30. The third kappa shape index (κ3) is 4.14. The van der Waals surface area contributed by atoms with E-state index >= 15 is 0 Å². The molecular formula is C13H23N3O2. The minimum atomic E-state index is -0.304. The fourth-order valence-electron chi connectivity index (χ4n) is 1.67. The second-order valence-electron chi connectivity index (χ2n) is 5.54. The van der Waals surface area contributed by atoms with Crippen LogP contribution in [0.25, 0.3) is 0 Å². The predicted molar refractivity (Wildman–Crippen MR) is 72.9 cm³/mol. The van der Waals surface area contributed by atoms with Crippen molar-refractivity contribution >= 4 is 5.82 Å². The average Bonchev–Trinajstić information content (AvgIpc) is 2.24. The van der Waals surface area contributed by atoms with Gasteiger partial charge in [-0.25, -0.2) is 4.98 Å². The molecule has 1 unspecified atom stereocenters. The molecular weight excluding hydrogens is 230 g/mol. The highest BCUT2D eigenvalue weighted by Gasteiger charge is 2.16. The second-order valence-corrected chi connectivity index (χ2v) is 5.54. The van der Waals surface area contributed by atoms with Gasteiger partial charge < -0.3 is 15.0 Å². The molecule has 0 amide bonds. The SMILES string of the molecule is CC(O)CCCNc1nccn(C(C)(C)C)c1=O. The lowest BCUT2D eigenvalue weighted by Gasteiger charge is -2.22. The molecule has 0 saturated carbocycles. The molecule has 1 aromatic heterocycles. The lowest BCUT2D eigenvalue weighted by atomic mass is 10.1. The maximum absolute atomic E-state index is 12.1. The minimum Gasteiger partial charge on any atom is -0.393 e. The molecule has 5 nitrogen and oxygen atoms in total. The van der Waals surface area contributed by atoms with Crippen molar-refractivity contribution in [2.75, 3.05) is 11.9 Å². The molecule has 2 N–H and O–H groups in total. The molecule has 0 saturated heterocycles. The van der Waals surface area contributed by atoms with Crippen LogP contribution in [0.15, 0.2) is 17.2 Å². The van der Waals surface area contributed by atoms with E-state index in [1.165, 1.54) is 0 Å². The molecule has 102 valence electrons. The van der Waals surface area contributed by atoms with E-state index in [1.807, 2.05) is 20.8 Å². The van der Waals surface area contributed by atoms with Crippen LogP contribution in [0.4, 0.5) is 5.82 Å². The van der Waals surface area contributed by atoms with Crippen LogP contribution >= 0.6 is 0 Å². The van der Waals surface area contributed by atoms with Gasteiger partial charge in [-0.05, 0) is 40.5 Å². The van der Waals surface area contributed by atoms with Crippen LogP contribution in [-0.2, 0) is 5.54 Å². The number of nitrogens with zero attached hydrogens (tertiary/aromatic N) is 2. The van der Waals surface area contributed by atoms with E-state index in [2.05, 4.69) is 10.3 Å². The quantitative estimate of drug-likeness (QED) is 0.782. The summed E-state index contributed by atoms with van der Waals surface area (Å²) >= 11 is 0. The van der Waals surface area contributed by atoms with E-state index < -0.39 is 0 Å². The molecule has 0 aromatic carbocycles. The highest BCUT2D eigenvalue weighted by Crippen LogP contribution is 2.10. The van der Waals surface area contributed by atoms with Crippen molar-refractivity contribution < 1.29 is 5.11 Å². The molecule has 1 rings (SSSR count). The highest BCUT2D eigenvalue weighted by atomic mass is 16.3. The summed E-state index contributed by atoms with van der Waals surface area (Å²) in [6.45, 7) is 8.33. The summed E-state index contributed by atoms with van der Waals surface area (Å²) in [5.74, 6) is 0.373. The first-order valence-electron chi connectivity index (χ1n) is 6.32. The minimum absolute atomic E-state index is 0.109. The Bertz CT molecular complexity index is 433. The second kappa shape index (κ2) is 6.00. The van der Waals surface area contributed by atoms with Gasteiger partial charge in [0.25, 0.3) is 5.56 Å². The molecule has 0 radical (unpaired) electrons. The van der Waals surface area contributed by atoms with Crippen molar-refractivity contribution in [2.24, 2.45) is 0 Å². The zero-order chi connectivity index (χ0) is 13.8. The molecule has 1 aromatic rings. The summed E-state index contributed by atoms with van der Waals surface area (Å²) in [5, 5.41) is 12.2. The van der Waals surface area contributed by atoms with Gasteiger partial charge in [-0.2, -0.15) is 0 Å². The number of hydrogen-bond acceptors (Lipinski definition) is 4. The molecule has 1 atom stereocenters. The number of hydrogen-bond donors (Lipinski definition) is 2. The molecule has 0 spiro atoms. The van der Waals surface area contributed by atoms with Crippen LogP contribution in [-0.4, -0.2) is 27.3 Å². The summed E-state index contributed by atoms with van der Waals surface area (Å²) in [4.78, 5) is 16.2. The molecule has 0 aliphatic rings. The first kappa shape index (κ1) is 14.7. The topological polar surface area (TPSA) is 67.2 Å². The number of anilines is 1. The summed E-state index contributed by atoms with van der Waals surface area (Å²) in [7, 11) is 0. The van der Waals surface area contributed by atoms with Gasteiger partial charge in [0.2, 0.25) is 0 Å². The van der Waals surface area contributed by atoms with Gasteiger partial charge in [0.1, 0.15) is 0 Å². The number of nitrogens with one attached hydrogen (secondary N) is 1. The van der Waals surface area contributed by atoms with Gasteiger partial charge in [-0.1, -0.05) is 0 Å². The zero-order valence-electron chi connectivity index (χ0n) is 11.6. The van der Waals surface area contributed by atoms with Crippen molar-refractivity contribution in [3.8, 4) is 0 Å². The zero-order valence-corrected chi connectivity index (χ0v) is 11.6. The molecule has 0 aliphatic carbocycles. The van der Waals surface area contributed by atoms with Crippen molar-refractivity contribution in [1.29, 1.82) is 0 Å². The molecule has 1 heterocycles. The molecule has 0 fully saturated rings. The Hall–Kier alpha value is -1.36. The van der Waals surface area contributed by atoms with E-state index in [0.717, 1.165) is 6.42 Å². The lowest BCUT2D eigenvalue weighted by Crippen LogP contribution is -2.35. The summed E-state index contributed by atoms with van der Waals surface area (Å²) in [6.07, 6.45) is 4.55. The van der Waals surface area contributed by atoms with Gasteiger partial charge in [-0.3, -0.25) is 4.79 Å². The standard InChI is InChI=1S/C13H23N3O2/c1-10(17)6-5-7-14-11-12(18)16(9-8-15-11)13(2,3)4/h8-10,17H,5-7H2,1-4H3,(H,14,15). The van der Waals surface area contributed by atoms with Gasteiger partial charge in [-0.15, -0.1) is 0 Å². The molecule has 0 aliphatic heterocycles. The summed E-state index contributed by atoms with van der Waals surface area (Å²) < 4.78 is 1.66. The average molecular weight is 253 g/mol. The normalized spacial score (nSPS) is 13.4. The maximum atomic E-state index is 12.1. The smallest absolute Gasteiger partial charge is 0.293 e. The summed E-state index contributed by atoms with van der Waals surface area (Å²) in [6, 6.07) is 0. The number of aromatic nitrogens is 2. The van der Waals surface area contributed by atoms with E-state index in [4.69, 9.17) is 5.11 Å². The number of aliphatic hydroxyl groups excluding tert-OH is 1. The Morgan fingerprint density at radius 1 is 1.50 bits per heavy atom. The van der Waals surface area contributed by atoms with Crippen molar-refractivity contribution in [1.82, 2.24) is 9.55 Å². The predicted octanol–water partition coefficient (Wildman–Crippen LogP) is 1.57. The Labute approximate surface area is 108 Å². The summed E-state index contributed by atoms with van der Waals surface area (Å²) in [5.41, 5.74) is -0.363. The van der Waals surface area contributed by atoms with E-state index in [1.54, 1.807) is 23.9 Å². The number of rotatable bonds is 5. The Balaban J connectivity index is 2.71. The van der Waals surface area contributed by atoms with Crippen LogP contribution in [0, 0.1) is 0 Å². The van der Waals surface area contributed by atoms with Crippen LogP contribution in [0.1, 0.15) is 40.5 Å². The fraction of sp³-hybridized carbons (Fsp3) is 0.692. The fourth-order valence-corrected chi connectivity index (χ4v) is 1.67. The monoisotopic (exact) mass is 253 g/mol. The maximum Gasteiger partial charge on any atom is 0.293 e. The van der Waals surface area contributed by atoms with Gasteiger partial charge in [0.15, 0.2) is 5.82 Å².